The molecule has 3 aromatic rings. The number of hydrogen-bond donors (Lipinski definition) is 1. The fraction of sp³-hybridized carbons (Fsp3) is 0.409. The highest BCUT2D eigenvalue weighted by Crippen LogP contribution is 2.26. The second kappa shape index (κ2) is 8.51. The average molecular weight is 409 g/mol. The summed E-state index contributed by atoms with van der Waals surface area (Å²) in [4.78, 5) is 11.5. The summed E-state index contributed by atoms with van der Waals surface area (Å²) in [7, 11) is 1.55. The van der Waals surface area contributed by atoms with Crippen LogP contribution in [0.1, 0.15) is 18.3 Å². The Morgan fingerprint density at radius 1 is 1.13 bits per heavy atom. The van der Waals surface area contributed by atoms with Gasteiger partial charge < -0.3 is 19.5 Å². The third kappa shape index (κ3) is 4.07. The van der Waals surface area contributed by atoms with Crippen LogP contribution in [-0.2, 0) is 15.1 Å². The number of rotatable bonds is 6. The molecule has 0 saturated carbocycles. The molecule has 0 aliphatic carbocycles. The topological polar surface area (TPSA) is 85.5 Å². The Kier molecular flexibility index (Phi) is 5.80. The molecule has 2 aromatic heterocycles. The van der Waals surface area contributed by atoms with Crippen LogP contribution in [0, 0.1) is 6.92 Å². The van der Waals surface area contributed by atoms with Crippen molar-refractivity contribution in [2.75, 3.05) is 44.9 Å². The van der Waals surface area contributed by atoms with E-state index in [4.69, 9.17) is 19.6 Å². The molecule has 1 N–H and O–H groups in total. The zero-order valence-electron chi connectivity index (χ0n) is 17.6. The molecule has 1 aliphatic heterocycles. The molecule has 158 valence electrons. The lowest BCUT2D eigenvalue weighted by atomic mass is 10.1. The van der Waals surface area contributed by atoms with Crippen LogP contribution in [0.15, 0.2) is 42.6 Å². The minimum absolute atomic E-state index is 0.233. The van der Waals surface area contributed by atoms with Crippen molar-refractivity contribution in [3.05, 3.63) is 54.0 Å². The van der Waals surface area contributed by atoms with Gasteiger partial charge in [-0.15, -0.1) is 0 Å². The molecule has 1 aliphatic rings. The summed E-state index contributed by atoms with van der Waals surface area (Å²) in [5.74, 6) is 1.80. The molecule has 0 unspecified atom stereocenters. The predicted molar refractivity (Wildman–Crippen MR) is 114 cm³/mol. The first kappa shape index (κ1) is 20.5. The van der Waals surface area contributed by atoms with E-state index in [0.717, 1.165) is 30.2 Å². The highest BCUT2D eigenvalue weighted by Gasteiger charge is 2.31. The number of aliphatic hydroxyl groups excluding tert-OH is 1. The standard InChI is InChI=1S/C22H27N5O3/c1-16-5-4-6-17(13-16)18-7-8-27(25-18)20-14-19(26-9-11-30-12-10-26)23-21(24-20)22(2,15-28)29-3/h4-8,13-14,28H,9-12,15H2,1-3H3/t22-/m1/s1. The lowest BCUT2D eigenvalue weighted by Gasteiger charge is -2.30. The Hall–Kier alpha value is -2.81. The van der Waals surface area contributed by atoms with E-state index in [1.807, 2.05) is 30.5 Å². The third-order valence-corrected chi connectivity index (χ3v) is 5.40. The summed E-state index contributed by atoms with van der Waals surface area (Å²) in [6.45, 7) is 6.38. The zero-order chi connectivity index (χ0) is 21.1. The summed E-state index contributed by atoms with van der Waals surface area (Å²) >= 11 is 0. The fourth-order valence-electron chi connectivity index (χ4n) is 3.37. The van der Waals surface area contributed by atoms with Gasteiger partial charge in [0.2, 0.25) is 0 Å². The number of benzene rings is 1. The summed E-state index contributed by atoms with van der Waals surface area (Å²) in [6.07, 6.45) is 1.88. The molecule has 0 spiro atoms. The number of aryl methyl sites for hydroxylation is 1. The Morgan fingerprint density at radius 3 is 2.60 bits per heavy atom. The molecule has 1 aromatic carbocycles. The van der Waals surface area contributed by atoms with Crippen LogP contribution in [0.4, 0.5) is 5.82 Å². The SMILES string of the molecule is CO[C@](C)(CO)c1nc(N2CCOCC2)cc(-n2ccc(-c3cccc(C)c3)n2)n1. The van der Waals surface area contributed by atoms with Gasteiger partial charge in [-0.3, -0.25) is 0 Å². The number of morpholine rings is 1. The van der Waals surface area contributed by atoms with E-state index < -0.39 is 5.60 Å². The molecule has 8 heteroatoms. The number of nitrogens with zero attached hydrogens (tertiary/aromatic N) is 5. The van der Waals surface area contributed by atoms with Crippen LogP contribution in [0.5, 0.6) is 0 Å². The van der Waals surface area contributed by atoms with Crippen molar-refractivity contribution in [3.8, 4) is 17.1 Å². The van der Waals surface area contributed by atoms with E-state index >= 15 is 0 Å². The Balaban J connectivity index is 1.77. The van der Waals surface area contributed by atoms with Gasteiger partial charge >= 0.3 is 0 Å². The van der Waals surface area contributed by atoms with Crippen molar-refractivity contribution >= 4 is 5.82 Å². The second-order valence-electron chi connectivity index (χ2n) is 7.62. The number of hydrogen-bond acceptors (Lipinski definition) is 7. The molecule has 1 fully saturated rings. The maximum absolute atomic E-state index is 9.92. The van der Waals surface area contributed by atoms with Crippen LogP contribution in [-0.4, -0.2) is 64.9 Å². The molecule has 0 radical (unpaired) electrons. The predicted octanol–water partition coefficient (Wildman–Crippen LogP) is 2.33. The number of aromatic nitrogens is 4. The number of methoxy groups -OCH3 is 1. The lowest BCUT2D eigenvalue weighted by Crippen LogP contribution is -2.38. The highest BCUT2D eigenvalue weighted by atomic mass is 16.5. The van der Waals surface area contributed by atoms with Gasteiger partial charge in [0.1, 0.15) is 11.4 Å². The van der Waals surface area contributed by atoms with E-state index in [9.17, 15) is 5.11 Å². The maximum atomic E-state index is 9.92. The summed E-state index contributed by atoms with van der Waals surface area (Å²) in [5, 5.41) is 14.7. The van der Waals surface area contributed by atoms with E-state index in [0.29, 0.717) is 24.9 Å². The molecule has 1 saturated heterocycles. The molecular formula is C22H27N5O3. The maximum Gasteiger partial charge on any atom is 0.167 e. The van der Waals surface area contributed by atoms with Crippen LogP contribution >= 0.6 is 0 Å². The summed E-state index contributed by atoms with van der Waals surface area (Å²) in [5.41, 5.74) is 2.08. The van der Waals surface area contributed by atoms with E-state index in [1.165, 1.54) is 5.56 Å². The molecule has 0 amide bonds. The first-order valence-corrected chi connectivity index (χ1v) is 10.0. The van der Waals surface area contributed by atoms with Crippen LogP contribution in [0.2, 0.25) is 0 Å². The highest BCUT2D eigenvalue weighted by molar-refractivity contribution is 5.60. The van der Waals surface area contributed by atoms with Gasteiger partial charge in [-0.25, -0.2) is 14.6 Å². The van der Waals surface area contributed by atoms with E-state index in [-0.39, 0.29) is 6.61 Å². The Morgan fingerprint density at radius 2 is 1.90 bits per heavy atom. The summed E-state index contributed by atoms with van der Waals surface area (Å²) < 4.78 is 12.8. The van der Waals surface area contributed by atoms with E-state index in [1.54, 1.807) is 18.7 Å². The normalized spacial score (nSPS) is 16.5. The van der Waals surface area contributed by atoms with Crippen molar-refractivity contribution in [2.24, 2.45) is 0 Å². The first-order valence-electron chi connectivity index (χ1n) is 10.0. The minimum atomic E-state index is -1.01. The fourth-order valence-corrected chi connectivity index (χ4v) is 3.37. The van der Waals surface area contributed by atoms with Crippen molar-refractivity contribution in [3.63, 3.8) is 0 Å². The average Bonchev–Trinajstić information content (AvgIpc) is 3.29. The van der Waals surface area contributed by atoms with Gasteiger partial charge in [0, 0.05) is 38.0 Å². The third-order valence-electron chi connectivity index (χ3n) is 5.40. The number of aliphatic hydroxyl groups is 1. The van der Waals surface area contributed by atoms with Gasteiger partial charge in [0.15, 0.2) is 11.6 Å². The largest absolute Gasteiger partial charge is 0.393 e. The van der Waals surface area contributed by atoms with E-state index in [2.05, 4.69) is 28.9 Å². The molecule has 30 heavy (non-hydrogen) atoms. The van der Waals surface area contributed by atoms with Crippen LogP contribution in [0.3, 0.4) is 0 Å². The van der Waals surface area contributed by atoms with Crippen LogP contribution in [0.25, 0.3) is 17.1 Å². The van der Waals surface area contributed by atoms with Crippen molar-refractivity contribution < 1.29 is 14.6 Å². The zero-order valence-corrected chi connectivity index (χ0v) is 17.6. The molecule has 1 atom stereocenters. The monoisotopic (exact) mass is 409 g/mol. The van der Waals surface area contributed by atoms with Gasteiger partial charge in [-0.1, -0.05) is 23.8 Å². The Labute approximate surface area is 176 Å². The smallest absolute Gasteiger partial charge is 0.167 e. The lowest BCUT2D eigenvalue weighted by molar-refractivity contribution is -0.0486. The summed E-state index contributed by atoms with van der Waals surface area (Å²) in [6, 6.07) is 12.1. The molecule has 3 heterocycles. The first-order chi connectivity index (χ1) is 14.5. The molecule has 0 bridgehead atoms. The second-order valence-corrected chi connectivity index (χ2v) is 7.62. The van der Waals surface area contributed by atoms with Crippen LogP contribution < -0.4 is 4.90 Å². The van der Waals surface area contributed by atoms with Crippen molar-refractivity contribution in [1.82, 2.24) is 19.7 Å². The molecular weight excluding hydrogens is 382 g/mol. The van der Waals surface area contributed by atoms with Crippen molar-refractivity contribution in [1.29, 1.82) is 0 Å². The van der Waals surface area contributed by atoms with Gasteiger partial charge in [0.25, 0.3) is 0 Å². The molecule has 8 nitrogen and oxygen atoms in total. The molecule has 4 rings (SSSR count). The van der Waals surface area contributed by atoms with Gasteiger partial charge in [0.05, 0.1) is 25.5 Å². The number of ether oxygens (including phenoxy) is 2. The minimum Gasteiger partial charge on any atom is -0.393 e. The Bertz CT molecular complexity index is 1010. The van der Waals surface area contributed by atoms with Crippen molar-refractivity contribution in [2.45, 2.75) is 19.4 Å². The van der Waals surface area contributed by atoms with Gasteiger partial charge in [-0.2, -0.15) is 5.10 Å². The quantitative estimate of drug-likeness (QED) is 0.669. The number of anilines is 1. The van der Waals surface area contributed by atoms with Gasteiger partial charge in [-0.05, 0) is 26.0 Å².